The summed E-state index contributed by atoms with van der Waals surface area (Å²) in [4.78, 5) is 12.9. The van der Waals surface area contributed by atoms with Gasteiger partial charge in [0.15, 0.2) is 6.10 Å². The Kier molecular flexibility index (Phi) is 13.8. The predicted octanol–water partition coefficient (Wildman–Crippen LogP) is 9.10. The minimum atomic E-state index is -0.819. The van der Waals surface area contributed by atoms with E-state index >= 15 is 0 Å². The summed E-state index contributed by atoms with van der Waals surface area (Å²) in [5, 5.41) is 0. The van der Waals surface area contributed by atoms with Gasteiger partial charge in [0.1, 0.15) is 30.5 Å². The molecule has 5 aromatic rings. The fourth-order valence-electron chi connectivity index (χ4n) is 6.51. The highest BCUT2D eigenvalue weighted by atomic mass is 79.9. The maximum atomic E-state index is 12.9. The number of carbonyl (C=O) groups excluding carboxylic acids is 1. The normalized spacial score (nSPS) is 20.6. The number of hydrogen-bond acceptors (Lipinski definition) is 7. The topological polar surface area (TPSA) is 72.5 Å². The van der Waals surface area contributed by atoms with Crippen molar-refractivity contribution in [1.29, 1.82) is 0 Å². The molecule has 1 fully saturated rings. The first-order valence-corrected chi connectivity index (χ1v) is 18.4. The predicted molar refractivity (Wildman–Crippen MR) is 203 cm³/mol. The van der Waals surface area contributed by atoms with Gasteiger partial charge in [-0.1, -0.05) is 143 Å². The summed E-state index contributed by atoms with van der Waals surface area (Å²) in [7, 11) is 0. The van der Waals surface area contributed by atoms with E-state index in [0.29, 0.717) is 19.8 Å². The monoisotopic (exact) mass is 764 g/mol. The molecule has 1 aliphatic heterocycles. The van der Waals surface area contributed by atoms with Crippen LogP contribution in [0.5, 0.6) is 0 Å². The summed E-state index contributed by atoms with van der Waals surface area (Å²) in [5.41, 5.74) is 5.80. The van der Waals surface area contributed by atoms with Crippen molar-refractivity contribution in [3.63, 3.8) is 0 Å². The van der Waals surface area contributed by atoms with Crippen LogP contribution in [0.15, 0.2) is 144 Å². The van der Waals surface area contributed by atoms with Crippen LogP contribution in [0, 0.1) is 6.92 Å². The van der Waals surface area contributed by atoms with E-state index in [-0.39, 0.29) is 13.2 Å². The van der Waals surface area contributed by atoms with Gasteiger partial charge in [-0.2, -0.15) is 0 Å². The number of esters is 1. The van der Waals surface area contributed by atoms with Gasteiger partial charge in [0.2, 0.25) is 0 Å². The lowest BCUT2D eigenvalue weighted by Crippen LogP contribution is -2.62. The largest absolute Gasteiger partial charge is 0.455 e. The van der Waals surface area contributed by atoms with Gasteiger partial charge in [-0.15, -0.1) is 0 Å². The first kappa shape index (κ1) is 37.6. The Bertz CT molecular complexity index is 1810. The SMILES string of the molecule is CC(=O)O[C@H](c1ccc(Br)cc1C)[C@H]1OC(COCc2ccccc2)[C@@H](OCc2ccccc2)C(OCc2ccccc2)C1OCc1ccccc1. The zero-order valence-corrected chi connectivity index (χ0v) is 31.1. The number of ether oxygens (including phenoxy) is 6. The molecule has 8 heteroatoms. The molecule has 0 radical (unpaired) electrons. The first-order valence-electron chi connectivity index (χ1n) is 17.6. The Hall–Kier alpha value is -4.15. The summed E-state index contributed by atoms with van der Waals surface area (Å²) >= 11 is 3.59. The van der Waals surface area contributed by atoms with Gasteiger partial charge in [0, 0.05) is 11.4 Å². The molecule has 5 aromatic carbocycles. The van der Waals surface area contributed by atoms with Crippen molar-refractivity contribution in [2.75, 3.05) is 6.61 Å². The highest BCUT2D eigenvalue weighted by Gasteiger charge is 2.52. The van der Waals surface area contributed by atoms with Crippen molar-refractivity contribution >= 4 is 21.9 Å². The van der Waals surface area contributed by atoms with E-state index in [1.165, 1.54) is 6.92 Å². The molecule has 3 unspecified atom stereocenters. The van der Waals surface area contributed by atoms with Crippen LogP contribution in [0.3, 0.4) is 0 Å². The van der Waals surface area contributed by atoms with Crippen LogP contribution in [0.4, 0.5) is 0 Å². The van der Waals surface area contributed by atoms with Crippen molar-refractivity contribution in [2.24, 2.45) is 0 Å². The quantitative estimate of drug-likeness (QED) is 0.0929. The number of halogens is 1. The molecule has 0 bridgehead atoms. The van der Waals surface area contributed by atoms with Crippen LogP contribution in [-0.4, -0.2) is 43.1 Å². The molecule has 270 valence electrons. The fraction of sp³-hybridized carbons (Fsp3) is 0.295. The Morgan fingerprint density at radius 3 is 1.58 bits per heavy atom. The van der Waals surface area contributed by atoms with Crippen LogP contribution >= 0.6 is 15.9 Å². The van der Waals surface area contributed by atoms with Gasteiger partial charge in [0.25, 0.3) is 0 Å². The number of benzene rings is 5. The van der Waals surface area contributed by atoms with E-state index < -0.39 is 42.6 Å². The molecule has 0 N–H and O–H groups in total. The fourth-order valence-corrected chi connectivity index (χ4v) is 6.99. The molecule has 0 aliphatic carbocycles. The molecular formula is C44H45BrO7. The highest BCUT2D eigenvalue weighted by molar-refractivity contribution is 9.10. The molecule has 1 heterocycles. The molecule has 6 rings (SSSR count). The lowest BCUT2D eigenvalue weighted by Gasteiger charge is -2.48. The molecule has 0 saturated carbocycles. The Morgan fingerprint density at radius 2 is 1.10 bits per heavy atom. The van der Waals surface area contributed by atoms with E-state index in [0.717, 1.165) is 37.9 Å². The molecular weight excluding hydrogens is 720 g/mol. The van der Waals surface area contributed by atoms with E-state index in [4.69, 9.17) is 28.4 Å². The van der Waals surface area contributed by atoms with E-state index in [2.05, 4.69) is 15.9 Å². The Morgan fingerprint density at radius 1 is 0.635 bits per heavy atom. The van der Waals surface area contributed by atoms with Gasteiger partial charge in [-0.05, 0) is 52.4 Å². The van der Waals surface area contributed by atoms with Crippen molar-refractivity contribution in [3.8, 4) is 0 Å². The van der Waals surface area contributed by atoms with Crippen LogP contribution in [0.1, 0.15) is 46.4 Å². The summed E-state index contributed by atoms with van der Waals surface area (Å²) in [5.74, 6) is -0.432. The third-order valence-electron chi connectivity index (χ3n) is 9.05. The molecule has 0 aromatic heterocycles. The highest BCUT2D eigenvalue weighted by Crippen LogP contribution is 2.39. The van der Waals surface area contributed by atoms with E-state index in [9.17, 15) is 4.79 Å². The third kappa shape index (κ3) is 10.5. The molecule has 1 saturated heterocycles. The van der Waals surface area contributed by atoms with Crippen molar-refractivity contribution in [3.05, 3.63) is 177 Å². The second-order valence-electron chi connectivity index (χ2n) is 13.0. The second-order valence-corrected chi connectivity index (χ2v) is 13.9. The number of rotatable bonds is 16. The average molecular weight is 766 g/mol. The minimum Gasteiger partial charge on any atom is -0.455 e. The lowest BCUT2D eigenvalue weighted by molar-refractivity contribution is -0.289. The van der Waals surface area contributed by atoms with Crippen LogP contribution < -0.4 is 0 Å². The van der Waals surface area contributed by atoms with Crippen LogP contribution in [-0.2, 0) is 59.6 Å². The summed E-state index contributed by atoms with van der Waals surface area (Å²) < 4.78 is 41.1. The zero-order valence-electron chi connectivity index (χ0n) is 29.5. The zero-order chi connectivity index (χ0) is 36.1. The van der Waals surface area contributed by atoms with Gasteiger partial charge in [-0.3, -0.25) is 4.79 Å². The van der Waals surface area contributed by atoms with Gasteiger partial charge < -0.3 is 28.4 Å². The molecule has 1 aliphatic rings. The van der Waals surface area contributed by atoms with Crippen molar-refractivity contribution in [1.82, 2.24) is 0 Å². The summed E-state index contributed by atoms with van der Waals surface area (Å²) in [6.07, 6.45) is -4.19. The maximum Gasteiger partial charge on any atom is 0.303 e. The lowest BCUT2D eigenvalue weighted by atomic mass is 9.87. The standard InChI is InChI=1S/C44H45BrO7/c1-31-25-37(45)23-24-38(31)40(51-32(2)46)44-43(50-29-36-21-13-6-14-22-36)42(49-28-35-19-11-5-12-20-35)41(48-27-34-17-9-4-10-18-34)39(52-44)30-47-26-33-15-7-3-8-16-33/h3-25,39-44H,26-30H2,1-2H3/t39?,40-,41-,42?,43?,44-/m1/s1. The molecule has 6 atom stereocenters. The Balaban J connectivity index is 1.41. The van der Waals surface area contributed by atoms with Crippen LogP contribution in [0.25, 0.3) is 0 Å². The molecule has 0 spiro atoms. The molecule has 7 nitrogen and oxygen atoms in total. The van der Waals surface area contributed by atoms with E-state index in [1.807, 2.05) is 146 Å². The summed E-state index contributed by atoms with van der Waals surface area (Å²) in [6.45, 7) is 4.91. The van der Waals surface area contributed by atoms with Gasteiger partial charge >= 0.3 is 5.97 Å². The average Bonchev–Trinajstić information content (AvgIpc) is 3.16. The number of carbonyl (C=O) groups is 1. The second kappa shape index (κ2) is 19.1. The van der Waals surface area contributed by atoms with E-state index in [1.54, 1.807) is 0 Å². The molecule has 0 amide bonds. The number of aryl methyl sites for hydroxylation is 1. The molecule has 52 heavy (non-hydrogen) atoms. The van der Waals surface area contributed by atoms with Gasteiger partial charge in [0.05, 0.1) is 33.0 Å². The summed E-state index contributed by atoms with van der Waals surface area (Å²) in [6, 6.07) is 46.0. The minimum absolute atomic E-state index is 0.202. The smallest absolute Gasteiger partial charge is 0.303 e. The maximum absolute atomic E-state index is 12.9. The third-order valence-corrected chi connectivity index (χ3v) is 9.54. The van der Waals surface area contributed by atoms with Gasteiger partial charge in [-0.25, -0.2) is 0 Å². The number of hydrogen-bond donors (Lipinski definition) is 0. The van der Waals surface area contributed by atoms with Crippen molar-refractivity contribution in [2.45, 2.75) is 76.9 Å². The van der Waals surface area contributed by atoms with Crippen molar-refractivity contribution < 1.29 is 33.2 Å². The first-order chi connectivity index (χ1) is 25.4. The Labute approximate surface area is 314 Å². The van der Waals surface area contributed by atoms with Crippen LogP contribution in [0.2, 0.25) is 0 Å².